The van der Waals surface area contributed by atoms with Crippen LogP contribution in [0.5, 0.6) is 0 Å². The summed E-state index contributed by atoms with van der Waals surface area (Å²) in [4.78, 5) is 3.98. The number of nitrogens with zero attached hydrogens (tertiary/aromatic N) is 1. The van der Waals surface area contributed by atoms with Crippen LogP contribution in [0.3, 0.4) is 0 Å². The third kappa shape index (κ3) is 2.55. The molecule has 0 atom stereocenters. The summed E-state index contributed by atoms with van der Waals surface area (Å²) in [6.45, 7) is -0.145. The predicted octanol–water partition coefficient (Wildman–Crippen LogP) is 2.48. The molecule has 2 aromatic rings. The van der Waals surface area contributed by atoms with Gasteiger partial charge in [0.1, 0.15) is 17.8 Å². The second-order valence-corrected chi connectivity index (χ2v) is 3.22. The highest BCUT2D eigenvalue weighted by Gasteiger charge is 1.98. The lowest BCUT2D eigenvalue weighted by Gasteiger charge is -1.91. The summed E-state index contributed by atoms with van der Waals surface area (Å²) in [7, 11) is 0. The van der Waals surface area contributed by atoms with E-state index < -0.39 is 0 Å². The standard InChI is InChI=1S/C12H10FNO2/c13-10-4-1-9(2-5-10)3-6-12-14-11(7-15)8-16-12/h1-6,8,15H,7H2/b6-3+. The average molecular weight is 219 g/mol. The van der Waals surface area contributed by atoms with E-state index in [1.807, 2.05) is 0 Å². The fraction of sp³-hybridized carbons (Fsp3) is 0.0833. The third-order valence-electron chi connectivity index (χ3n) is 2.02. The molecule has 82 valence electrons. The quantitative estimate of drug-likeness (QED) is 0.862. The maximum atomic E-state index is 12.6. The maximum absolute atomic E-state index is 12.6. The maximum Gasteiger partial charge on any atom is 0.218 e. The summed E-state index contributed by atoms with van der Waals surface area (Å²) in [5.41, 5.74) is 1.34. The van der Waals surface area contributed by atoms with Crippen LogP contribution in [0, 0.1) is 5.82 Å². The Bertz CT molecular complexity index is 488. The summed E-state index contributed by atoms with van der Waals surface area (Å²) in [5.74, 6) is 0.143. The summed E-state index contributed by atoms with van der Waals surface area (Å²) < 4.78 is 17.7. The van der Waals surface area contributed by atoms with Crippen LogP contribution < -0.4 is 0 Å². The Balaban J connectivity index is 2.11. The van der Waals surface area contributed by atoms with Crippen molar-refractivity contribution in [2.45, 2.75) is 6.61 Å². The molecule has 0 aliphatic rings. The van der Waals surface area contributed by atoms with Gasteiger partial charge in [-0.3, -0.25) is 0 Å². The van der Waals surface area contributed by atoms with E-state index in [2.05, 4.69) is 4.98 Å². The van der Waals surface area contributed by atoms with Gasteiger partial charge in [0.2, 0.25) is 5.89 Å². The minimum absolute atomic E-state index is 0.145. The molecule has 0 aliphatic heterocycles. The van der Waals surface area contributed by atoms with E-state index >= 15 is 0 Å². The average Bonchev–Trinajstić information content (AvgIpc) is 2.76. The molecule has 1 heterocycles. The molecule has 0 spiro atoms. The molecule has 0 radical (unpaired) electrons. The summed E-state index contributed by atoms with van der Waals surface area (Å²) in [6, 6.07) is 6.08. The number of rotatable bonds is 3. The van der Waals surface area contributed by atoms with Gasteiger partial charge in [-0.2, -0.15) is 0 Å². The number of hydrogen-bond acceptors (Lipinski definition) is 3. The van der Waals surface area contributed by atoms with Crippen molar-refractivity contribution >= 4 is 12.2 Å². The number of halogens is 1. The topological polar surface area (TPSA) is 46.3 Å². The summed E-state index contributed by atoms with van der Waals surface area (Å²) in [6.07, 6.45) is 4.81. The lowest BCUT2D eigenvalue weighted by Crippen LogP contribution is -1.81. The first kappa shape index (κ1) is 10.6. The van der Waals surface area contributed by atoms with Gasteiger partial charge < -0.3 is 9.52 Å². The highest BCUT2D eigenvalue weighted by Crippen LogP contribution is 2.09. The zero-order valence-electron chi connectivity index (χ0n) is 8.43. The molecule has 2 rings (SSSR count). The Hall–Kier alpha value is -1.94. The lowest BCUT2D eigenvalue weighted by atomic mass is 10.2. The number of aliphatic hydroxyl groups excluding tert-OH is 1. The Morgan fingerprint density at radius 2 is 2.00 bits per heavy atom. The smallest absolute Gasteiger partial charge is 0.218 e. The van der Waals surface area contributed by atoms with E-state index in [4.69, 9.17) is 9.52 Å². The fourth-order valence-corrected chi connectivity index (χ4v) is 1.21. The van der Waals surface area contributed by atoms with Crippen LogP contribution in [0.2, 0.25) is 0 Å². The molecule has 0 amide bonds. The van der Waals surface area contributed by atoms with E-state index in [1.165, 1.54) is 18.4 Å². The van der Waals surface area contributed by atoms with Crippen molar-refractivity contribution in [1.29, 1.82) is 0 Å². The van der Waals surface area contributed by atoms with Crippen molar-refractivity contribution in [3.63, 3.8) is 0 Å². The van der Waals surface area contributed by atoms with Crippen molar-refractivity contribution in [3.8, 4) is 0 Å². The minimum atomic E-state index is -0.268. The van der Waals surface area contributed by atoms with E-state index in [0.29, 0.717) is 11.6 Å². The molecule has 1 aromatic carbocycles. The molecule has 1 aromatic heterocycles. The van der Waals surface area contributed by atoms with E-state index in [0.717, 1.165) is 5.56 Å². The van der Waals surface area contributed by atoms with E-state index in [-0.39, 0.29) is 12.4 Å². The normalized spacial score (nSPS) is 11.1. The first-order valence-corrected chi connectivity index (χ1v) is 4.77. The van der Waals surface area contributed by atoms with Crippen LogP contribution in [0.4, 0.5) is 4.39 Å². The van der Waals surface area contributed by atoms with Gasteiger partial charge in [-0.15, -0.1) is 0 Å². The Labute approximate surface area is 91.9 Å². The van der Waals surface area contributed by atoms with Crippen molar-refractivity contribution in [3.05, 3.63) is 53.5 Å². The molecular weight excluding hydrogens is 209 g/mol. The molecule has 1 N–H and O–H groups in total. The number of aliphatic hydroxyl groups is 1. The Morgan fingerprint density at radius 1 is 1.25 bits per heavy atom. The van der Waals surface area contributed by atoms with Crippen LogP contribution in [-0.2, 0) is 6.61 Å². The Morgan fingerprint density at radius 3 is 2.62 bits per heavy atom. The molecule has 0 saturated carbocycles. The van der Waals surface area contributed by atoms with Crippen molar-refractivity contribution in [2.24, 2.45) is 0 Å². The van der Waals surface area contributed by atoms with Gasteiger partial charge >= 0.3 is 0 Å². The molecule has 0 fully saturated rings. The van der Waals surface area contributed by atoms with Crippen LogP contribution in [0.15, 0.2) is 34.9 Å². The highest BCUT2D eigenvalue weighted by molar-refractivity contribution is 5.65. The SMILES string of the molecule is OCc1coc(/C=C/c2ccc(F)cc2)n1. The fourth-order valence-electron chi connectivity index (χ4n) is 1.21. The first-order valence-electron chi connectivity index (χ1n) is 4.77. The molecule has 16 heavy (non-hydrogen) atoms. The Kier molecular flexibility index (Phi) is 3.12. The summed E-state index contributed by atoms with van der Waals surface area (Å²) in [5, 5.41) is 8.78. The van der Waals surface area contributed by atoms with Crippen molar-refractivity contribution in [1.82, 2.24) is 4.98 Å². The third-order valence-corrected chi connectivity index (χ3v) is 2.02. The van der Waals surface area contributed by atoms with Crippen LogP contribution in [-0.4, -0.2) is 10.1 Å². The molecule has 0 aliphatic carbocycles. The van der Waals surface area contributed by atoms with E-state index in [1.54, 1.807) is 24.3 Å². The molecular formula is C12H10FNO2. The monoisotopic (exact) mass is 219 g/mol. The van der Waals surface area contributed by atoms with Gasteiger partial charge in [-0.25, -0.2) is 9.37 Å². The zero-order chi connectivity index (χ0) is 11.4. The van der Waals surface area contributed by atoms with Gasteiger partial charge in [-0.05, 0) is 23.8 Å². The summed E-state index contributed by atoms with van der Waals surface area (Å²) >= 11 is 0. The molecule has 4 heteroatoms. The van der Waals surface area contributed by atoms with Gasteiger partial charge in [0, 0.05) is 6.08 Å². The van der Waals surface area contributed by atoms with Gasteiger partial charge in [0.05, 0.1) is 6.61 Å². The molecule has 3 nitrogen and oxygen atoms in total. The number of aromatic nitrogens is 1. The lowest BCUT2D eigenvalue weighted by molar-refractivity contribution is 0.276. The van der Waals surface area contributed by atoms with E-state index in [9.17, 15) is 4.39 Å². The zero-order valence-corrected chi connectivity index (χ0v) is 8.43. The second-order valence-electron chi connectivity index (χ2n) is 3.22. The minimum Gasteiger partial charge on any atom is -0.445 e. The number of hydrogen-bond donors (Lipinski definition) is 1. The van der Waals surface area contributed by atoms with Gasteiger partial charge in [-0.1, -0.05) is 12.1 Å². The number of benzene rings is 1. The van der Waals surface area contributed by atoms with Gasteiger partial charge in [0.25, 0.3) is 0 Å². The first-order chi connectivity index (χ1) is 7.78. The number of oxazole rings is 1. The van der Waals surface area contributed by atoms with Crippen molar-refractivity contribution < 1.29 is 13.9 Å². The molecule has 0 bridgehead atoms. The van der Waals surface area contributed by atoms with Crippen LogP contribution in [0.25, 0.3) is 12.2 Å². The molecule has 0 unspecified atom stereocenters. The van der Waals surface area contributed by atoms with Crippen molar-refractivity contribution in [2.75, 3.05) is 0 Å². The highest BCUT2D eigenvalue weighted by atomic mass is 19.1. The van der Waals surface area contributed by atoms with Gasteiger partial charge in [0.15, 0.2) is 0 Å². The van der Waals surface area contributed by atoms with Crippen LogP contribution >= 0.6 is 0 Å². The van der Waals surface area contributed by atoms with Crippen LogP contribution in [0.1, 0.15) is 17.1 Å². The predicted molar refractivity (Wildman–Crippen MR) is 57.8 cm³/mol. The molecule has 0 saturated heterocycles. The largest absolute Gasteiger partial charge is 0.445 e. The second kappa shape index (κ2) is 4.72.